The summed E-state index contributed by atoms with van der Waals surface area (Å²) in [6, 6.07) is 10.0. The molecule has 2 aromatic heterocycles. The molecule has 0 radical (unpaired) electrons. The quantitative estimate of drug-likeness (QED) is 0.404. The van der Waals surface area contributed by atoms with Crippen molar-refractivity contribution >= 4 is 23.6 Å². The number of hydrogen-bond donors (Lipinski definition) is 1. The zero-order valence-electron chi connectivity index (χ0n) is 17.8. The monoisotopic (exact) mass is 439 g/mol. The van der Waals surface area contributed by atoms with E-state index in [0.29, 0.717) is 11.0 Å². The van der Waals surface area contributed by atoms with Gasteiger partial charge in [0.15, 0.2) is 11.0 Å². The van der Waals surface area contributed by atoms with E-state index < -0.39 is 5.97 Å². The highest BCUT2D eigenvalue weighted by molar-refractivity contribution is 7.99. The molecule has 0 fully saturated rings. The number of nitrogens with zero attached hydrogens (tertiary/aromatic N) is 4. The van der Waals surface area contributed by atoms with E-state index in [-0.39, 0.29) is 18.2 Å². The van der Waals surface area contributed by atoms with Gasteiger partial charge < -0.3 is 10.1 Å². The van der Waals surface area contributed by atoms with E-state index in [1.165, 1.54) is 30.0 Å². The van der Waals surface area contributed by atoms with Crippen LogP contribution >= 0.6 is 11.8 Å². The van der Waals surface area contributed by atoms with Crippen LogP contribution in [0.4, 0.5) is 0 Å². The van der Waals surface area contributed by atoms with Gasteiger partial charge in [-0.15, -0.1) is 10.2 Å². The van der Waals surface area contributed by atoms with Crippen LogP contribution in [-0.2, 0) is 27.2 Å². The summed E-state index contributed by atoms with van der Waals surface area (Å²) < 4.78 is 6.56. The maximum absolute atomic E-state index is 12.2. The molecule has 0 aliphatic carbocycles. The zero-order chi connectivity index (χ0) is 22.2. The number of esters is 1. The molecule has 0 aliphatic heterocycles. The Morgan fingerprint density at radius 1 is 1.10 bits per heavy atom. The Morgan fingerprint density at radius 3 is 2.45 bits per heavy atom. The summed E-state index contributed by atoms with van der Waals surface area (Å²) in [6.07, 6.45) is 5.15. The first-order chi connectivity index (χ1) is 15.1. The summed E-state index contributed by atoms with van der Waals surface area (Å²) in [5.74, 6) is -0.0175. The number of carbonyl (C=O) groups is 2. The number of amides is 1. The molecule has 0 saturated carbocycles. The Labute approximate surface area is 185 Å². The van der Waals surface area contributed by atoms with Gasteiger partial charge in [-0.2, -0.15) is 0 Å². The molecule has 0 unspecified atom stereocenters. The lowest BCUT2D eigenvalue weighted by molar-refractivity contribution is -0.140. The summed E-state index contributed by atoms with van der Waals surface area (Å²) >= 11 is 1.27. The number of ether oxygens (including phenoxy) is 1. The zero-order valence-corrected chi connectivity index (χ0v) is 18.6. The van der Waals surface area contributed by atoms with Crippen LogP contribution in [0, 0.1) is 0 Å². The molecule has 2 heterocycles. The van der Waals surface area contributed by atoms with Crippen LogP contribution in [-0.4, -0.2) is 51.0 Å². The molecule has 0 saturated heterocycles. The van der Waals surface area contributed by atoms with Crippen molar-refractivity contribution in [1.29, 1.82) is 0 Å². The Kier molecular flexibility index (Phi) is 7.77. The summed E-state index contributed by atoms with van der Waals surface area (Å²) in [6.45, 7) is 4.06. The van der Waals surface area contributed by atoms with Crippen LogP contribution in [0.25, 0.3) is 17.1 Å². The maximum Gasteiger partial charge on any atom is 0.325 e. The fraction of sp³-hybridized carbons (Fsp3) is 0.318. The molecule has 9 heteroatoms. The van der Waals surface area contributed by atoms with Crippen LogP contribution in [0.3, 0.4) is 0 Å². The topological polar surface area (TPSA) is 99.0 Å². The summed E-state index contributed by atoms with van der Waals surface area (Å²) in [7, 11) is 1.28. The largest absolute Gasteiger partial charge is 0.468 e. The van der Waals surface area contributed by atoms with Gasteiger partial charge >= 0.3 is 5.97 Å². The summed E-state index contributed by atoms with van der Waals surface area (Å²) in [4.78, 5) is 27.7. The Hall–Kier alpha value is -3.20. The number of benzene rings is 1. The number of rotatable bonds is 9. The highest BCUT2D eigenvalue weighted by atomic mass is 32.2. The molecule has 0 aliphatic rings. The third-order valence-electron chi connectivity index (χ3n) is 4.73. The molecule has 3 rings (SSSR count). The molecule has 3 aromatic rings. The Balaban J connectivity index is 2.00. The van der Waals surface area contributed by atoms with Crippen LogP contribution < -0.4 is 5.32 Å². The van der Waals surface area contributed by atoms with E-state index in [0.717, 1.165) is 24.1 Å². The Morgan fingerprint density at radius 2 is 1.84 bits per heavy atom. The maximum atomic E-state index is 12.2. The van der Waals surface area contributed by atoms with Crippen molar-refractivity contribution < 1.29 is 14.3 Å². The Bertz CT molecular complexity index is 1030. The minimum atomic E-state index is -0.496. The van der Waals surface area contributed by atoms with Gasteiger partial charge in [0.1, 0.15) is 6.54 Å². The van der Waals surface area contributed by atoms with E-state index in [1.54, 1.807) is 12.4 Å². The smallest absolute Gasteiger partial charge is 0.325 e. The van der Waals surface area contributed by atoms with Crippen LogP contribution in [0.2, 0.25) is 0 Å². The van der Waals surface area contributed by atoms with Gasteiger partial charge in [-0.3, -0.25) is 19.1 Å². The molecule has 8 nitrogen and oxygen atoms in total. The minimum Gasteiger partial charge on any atom is -0.468 e. The van der Waals surface area contributed by atoms with Gasteiger partial charge in [0.2, 0.25) is 5.91 Å². The van der Waals surface area contributed by atoms with E-state index in [2.05, 4.69) is 57.3 Å². The van der Waals surface area contributed by atoms with E-state index in [4.69, 9.17) is 0 Å². The molecular formula is C22H25N5O3S. The molecule has 0 atom stereocenters. The van der Waals surface area contributed by atoms with Gasteiger partial charge in [0.05, 0.1) is 18.6 Å². The fourth-order valence-corrected chi connectivity index (χ4v) is 3.94. The first-order valence-electron chi connectivity index (χ1n) is 10.0. The van der Waals surface area contributed by atoms with Crippen molar-refractivity contribution in [2.24, 2.45) is 0 Å². The number of nitrogens with one attached hydrogen (secondary N) is 1. The molecule has 31 heavy (non-hydrogen) atoms. The lowest BCUT2D eigenvalue weighted by atomic mass is 10.0. The van der Waals surface area contributed by atoms with Crippen LogP contribution in [0.5, 0.6) is 0 Å². The molecular weight excluding hydrogens is 414 g/mol. The first-order valence-corrected chi connectivity index (χ1v) is 11.0. The number of thioether (sulfide) groups is 1. The van der Waals surface area contributed by atoms with E-state index >= 15 is 0 Å². The van der Waals surface area contributed by atoms with Gasteiger partial charge in [-0.25, -0.2) is 0 Å². The fourth-order valence-electron chi connectivity index (χ4n) is 3.17. The highest BCUT2D eigenvalue weighted by Gasteiger charge is 2.21. The van der Waals surface area contributed by atoms with Crippen molar-refractivity contribution in [2.45, 2.75) is 31.8 Å². The highest BCUT2D eigenvalue weighted by Crippen LogP contribution is 2.32. The second-order valence-corrected chi connectivity index (χ2v) is 7.60. The SMILES string of the molecule is CCc1cccc(CC)c1-n1c(SCC(=O)NCC(=O)OC)nnc1-c1cccnc1. The number of para-hydroxylation sites is 1. The number of methoxy groups -OCH3 is 1. The van der Waals surface area contributed by atoms with Crippen LogP contribution in [0.1, 0.15) is 25.0 Å². The van der Waals surface area contributed by atoms with Gasteiger partial charge in [-0.05, 0) is 36.1 Å². The van der Waals surface area contributed by atoms with Crippen molar-refractivity contribution in [1.82, 2.24) is 25.1 Å². The van der Waals surface area contributed by atoms with E-state index in [1.807, 2.05) is 16.7 Å². The van der Waals surface area contributed by atoms with Gasteiger partial charge in [0.25, 0.3) is 0 Å². The van der Waals surface area contributed by atoms with Crippen molar-refractivity contribution in [3.63, 3.8) is 0 Å². The molecule has 1 aromatic carbocycles. The predicted molar refractivity (Wildman–Crippen MR) is 119 cm³/mol. The molecule has 162 valence electrons. The average Bonchev–Trinajstić information content (AvgIpc) is 3.24. The third-order valence-corrected chi connectivity index (χ3v) is 5.66. The van der Waals surface area contributed by atoms with Crippen molar-refractivity contribution in [2.75, 3.05) is 19.4 Å². The molecule has 1 N–H and O–H groups in total. The number of aromatic nitrogens is 4. The van der Waals surface area contributed by atoms with E-state index in [9.17, 15) is 9.59 Å². The third kappa shape index (κ3) is 5.29. The number of hydrogen-bond acceptors (Lipinski definition) is 7. The summed E-state index contributed by atoms with van der Waals surface area (Å²) in [5.41, 5.74) is 4.21. The van der Waals surface area contributed by atoms with Crippen molar-refractivity contribution in [3.05, 3.63) is 53.9 Å². The number of carbonyl (C=O) groups excluding carboxylic acids is 2. The second-order valence-electron chi connectivity index (χ2n) is 6.66. The lowest BCUT2D eigenvalue weighted by Crippen LogP contribution is -2.31. The summed E-state index contributed by atoms with van der Waals surface area (Å²) in [5, 5.41) is 11.9. The number of aryl methyl sites for hydroxylation is 2. The lowest BCUT2D eigenvalue weighted by Gasteiger charge is -2.17. The average molecular weight is 440 g/mol. The minimum absolute atomic E-state index is 0.0952. The van der Waals surface area contributed by atoms with Gasteiger partial charge in [0, 0.05) is 18.0 Å². The standard InChI is InChI=1S/C22H25N5O3S/c1-4-15-8-6-9-16(5-2)20(15)27-21(17-10-7-11-23-12-17)25-26-22(27)31-14-18(28)24-13-19(29)30-3/h6-12H,4-5,13-14H2,1-3H3,(H,24,28). The van der Waals surface area contributed by atoms with Crippen LogP contribution in [0.15, 0.2) is 47.9 Å². The molecule has 0 bridgehead atoms. The predicted octanol–water partition coefficient (Wildman–Crippen LogP) is 2.84. The second kappa shape index (κ2) is 10.7. The normalized spacial score (nSPS) is 10.7. The number of pyridine rings is 1. The van der Waals surface area contributed by atoms with Crippen molar-refractivity contribution in [3.8, 4) is 17.1 Å². The molecule has 1 amide bonds. The first kappa shape index (κ1) is 22.5. The molecule has 0 spiro atoms. The van der Waals surface area contributed by atoms with Gasteiger partial charge in [-0.1, -0.05) is 43.8 Å².